The molecule has 0 radical (unpaired) electrons. The third-order valence-corrected chi connectivity index (χ3v) is 7.68. The van der Waals surface area contributed by atoms with Crippen LogP contribution in [0.3, 0.4) is 0 Å². The molecule has 1 atom stereocenters. The first-order valence-corrected chi connectivity index (χ1v) is 13.2. The quantitative estimate of drug-likeness (QED) is 0.477. The highest BCUT2D eigenvalue weighted by atomic mass is 19.4. The molecule has 2 amide bonds. The summed E-state index contributed by atoms with van der Waals surface area (Å²) >= 11 is 0. The van der Waals surface area contributed by atoms with E-state index in [9.17, 15) is 22.8 Å². The number of aromatic nitrogens is 2. The lowest BCUT2D eigenvalue weighted by atomic mass is 9.99. The number of nitrogens with one attached hydrogen (secondary N) is 1. The Hall–Kier alpha value is -3.95. The van der Waals surface area contributed by atoms with Crippen molar-refractivity contribution < 1.29 is 22.8 Å². The van der Waals surface area contributed by atoms with E-state index < -0.39 is 29.3 Å². The Kier molecular flexibility index (Phi) is 7.54. The Bertz CT molecular complexity index is 1340. The van der Waals surface area contributed by atoms with Crippen LogP contribution in [0.25, 0.3) is 0 Å². The Labute approximate surface area is 225 Å². The molecule has 204 valence electrons. The number of carbonyl (C=O) groups is 2. The number of anilines is 1. The smallest absolute Gasteiger partial charge is 0.371 e. The lowest BCUT2D eigenvalue weighted by Crippen LogP contribution is -2.47. The zero-order chi connectivity index (χ0) is 27.6. The van der Waals surface area contributed by atoms with Crippen LogP contribution >= 0.6 is 0 Å². The summed E-state index contributed by atoms with van der Waals surface area (Å²) in [5, 5.41) is 2.74. The van der Waals surface area contributed by atoms with Gasteiger partial charge in [-0.05, 0) is 74.1 Å². The highest BCUT2D eigenvalue weighted by molar-refractivity contribution is 5.96. The SMILES string of the molecule is CCN(C(=O)c1ccc2c(c1)C(NC(=O)c1cnccc1C(F)(F)F)CC2)C1CCN(c2ccncc2)CC1. The molecule has 0 spiro atoms. The number of aryl methyl sites for hydroxylation is 1. The van der Waals surface area contributed by atoms with Gasteiger partial charge < -0.3 is 15.1 Å². The van der Waals surface area contributed by atoms with Gasteiger partial charge in [-0.2, -0.15) is 13.2 Å². The van der Waals surface area contributed by atoms with E-state index in [0.29, 0.717) is 24.9 Å². The molecule has 1 aliphatic carbocycles. The van der Waals surface area contributed by atoms with Gasteiger partial charge in [-0.1, -0.05) is 6.07 Å². The standard InChI is InChI=1S/C29H30F3N5O2/c1-2-37(22-10-15-36(16-11-22)21-7-12-33-13-8-21)28(39)20-4-3-19-5-6-26(23(19)17-20)35-27(38)24-18-34-14-9-25(24)29(30,31)32/h3-4,7-9,12-14,17-18,22,26H,2,5-6,10-11,15-16H2,1H3,(H,35,38). The fourth-order valence-electron chi connectivity index (χ4n) is 5.67. The summed E-state index contributed by atoms with van der Waals surface area (Å²) in [7, 11) is 0. The molecular formula is C29H30F3N5O2. The zero-order valence-electron chi connectivity index (χ0n) is 21.6. The second kappa shape index (κ2) is 11.0. The van der Waals surface area contributed by atoms with Crippen molar-refractivity contribution in [1.82, 2.24) is 20.2 Å². The van der Waals surface area contributed by atoms with Crippen LogP contribution in [0.15, 0.2) is 61.2 Å². The minimum Gasteiger partial charge on any atom is -0.371 e. The number of fused-ring (bicyclic) bond motifs is 1. The molecule has 0 bridgehead atoms. The number of benzene rings is 1. The fraction of sp³-hybridized carbons (Fsp3) is 0.379. The number of nitrogens with zero attached hydrogens (tertiary/aromatic N) is 4. The van der Waals surface area contributed by atoms with Gasteiger partial charge >= 0.3 is 6.18 Å². The molecule has 39 heavy (non-hydrogen) atoms. The van der Waals surface area contributed by atoms with Crippen molar-refractivity contribution in [2.24, 2.45) is 0 Å². The minimum absolute atomic E-state index is 0.0775. The third-order valence-electron chi connectivity index (χ3n) is 7.68. The second-order valence-electron chi connectivity index (χ2n) is 9.91. The van der Waals surface area contributed by atoms with E-state index >= 15 is 0 Å². The monoisotopic (exact) mass is 537 g/mol. The van der Waals surface area contributed by atoms with Crippen molar-refractivity contribution in [1.29, 1.82) is 0 Å². The summed E-state index contributed by atoms with van der Waals surface area (Å²) in [6, 6.07) is 9.88. The van der Waals surface area contributed by atoms with E-state index in [4.69, 9.17) is 0 Å². The second-order valence-corrected chi connectivity index (χ2v) is 9.91. The van der Waals surface area contributed by atoms with Gasteiger partial charge in [0.1, 0.15) is 0 Å². The third kappa shape index (κ3) is 5.60. The Morgan fingerprint density at radius 3 is 2.44 bits per heavy atom. The number of amides is 2. The molecule has 10 heteroatoms. The predicted octanol–water partition coefficient (Wildman–Crippen LogP) is 5.04. The number of carbonyl (C=O) groups excluding carboxylic acids is 2. The zero-order valence-corrected chi connectivity index (χ0v) is 21.6. The van der Waals surface area contributed by atoms with E-state index in [1.54, 1.807) is 18.5 Å². The number of pyridine rings is 2. The fourth-order valence-corrected chi connectivity index (χ4v) is 5.67. The summed E-state index contributed by atoms with van der Waals surface area (Å²) in [4.78, 5) is 38.5. The number of hydrogen-bond acceptors (Lipinski definition) is 5. The van der Waals surface area contributed by atoms with E-state index in [1.807, 2.05) is 36.1 Å². The van der Waals surface area contributed by atoms with Gasteiger partial charge in [0.25, 0.3) is 11.8 Å². The number of alkyl halides is 3. The number of rotatable bonds is 6. The van der Waals surface area contributed by atoms with E-state index in [1.165, 1.54) is 0 Å². The molecule has 7 nitrogen and oxygen atoms in total. The number of piperidine rings is 1. The van der Waals surface area contributed by atoms with Crippen LogP contribution in [0, 0.1) is 0 Å². The highest BCUT2D eigenvalue weighted by Crippen LogP contribution is 2.35. The molecule has 5 rings (SSSR count). The minimum atomic E-state index is -4.67. The van der Waals surface area contributed by atoms with Gasteiger partial charge in [0.2, 0.25) is 0 Å². The lowest BCUT2D eigenvalue weighted by Gasteiger charge is -2.39. The maximum atomic E-state index is 13.6. The summed E-state index contributed by atoms with van der Waals surface area (Å²) in [5.41, 5.74) is 1.86. The Morgan fingerprint density at radius 1 is 1.03 bits per heavy atom. The van der Waals surface area contributed by atoms with Crippen molar-refractivity contribution in [3.63, 3.8) is 0 Å². The molecule has 1 fully saturated rings. The Morgan fingerprint density at radius 2 is 1.74 bits per heavy atom. The first-order chi connectivity index (χ1) is 18.8. The molecule has 2 aromatic heterocycles. The van der Waals surface area contributed by atoms with Crippen LogP contribution in [-0.4, -0.2) is 52.4 Å². The van der Waals surface area contributed by atoms with Gasteiger partial charge in [0, 0.05) is 61.7 Å². The van der Waals surface area contributed by atoms with Gasteiger partial charge in [-0.25, -0.2) is 0 Å². The first-order valence-electron chi connectivity index (χ1n) is 13.2. The van der Waals surface area contributed by atoms with Crippen LogP contribution in [-0.2, 0) is 12.6 Å². The van der Waals surface area contributed by atoms with Crippen LogP contribution in [0.1, 0.15) is 69.6 Å². The molecule has 3 heterocycles. The van der Waals surface area contributed by atoms with Crippen molar-refractivity contribution in [3.8, 4) is 0 Å². The van der Waals surface area contributed by atoms with Crippen LogP contribution in [0.5, 0.6) is 0 Å². The van der Waals surface area contributed by atoms with Gasteiger partial charge in [0.05, 0.1) is 17.2 Å². The van der Waals surface area contributed by atoms with Crippen molar-refractivity contribution in [3.05, 3.63) is 89.0 Å². The summed E-state index contributed by atoms with van der Waals surface area (Å²) in [6.45, 7) is 4.21. The van der Waals surface area contributed by atoms with Crippen molar-refractivity contribution in [2.45, 2.75) is 50.9 Å². The molecule has 1 aliphatic heterocycles. The molecule has 2 aliphatic rings. The molecule has 0 saturated carbocycles. The summed E-state index contributed by atoms with van der Waals surface area (Å²) in [6.07, 6.45) is 3.75. The van der Waals surface area contributed by atoms with Crippen LogP contribution in [0.2, 0.25) is 0 Å². The van der Waals surface area contributed by atoms with E-state index in [2.05, 4.69) is 20.2 Å². The van der Waals surface area contributed by atoms with Crippen LogP contribution in [0.4, 0.5) is 18.9 Å². The molecular weight excluding hydrogens is 507 g/mol. The van der Waals surface area contributed by atoms with E-state index in [0.717, 1.165) is 61.2 Å². The predicted molar refractivity (Wildman–Crippen MR) is 140 cm³/mol. The molecule has 3 aromatic rings. The average Bonchev–Trinajstić information content (AvgIpc) is 3.35. The summed E-state index contributed by atoms with van der Waals surface area (Å²) < 4.78 is 40.3. The Balaban J connectivity index is 1.29. The highest BCUT2D eigenvalue weighted by Gasteiger charge is 2.36. The molecule has 1 N–H and O–H groups in total. The van der Waals surface area contributed by atoms with Gasteiger partial charge in [0.15, 0.2) is 0 Å². The average molecular weight is 538 g/mol. The lowest BCUT2D eigenvalue weighted by molar-refractivity contribution is -0.138. The van der Waals surface area contributed by atoms with Crippen LogP contribution < -0.4 is 10.2 Å². The molecule has 1 unspecified atom stereocenters. The maximum absolute atomic E-state index is 13.6. The number of halogens is 3. The van der Waals surface area contributed by atoms with Gasteiger partial charge in [-0.15, -0.1) is 0 Å². The van der Waals surface area contributed by atoms with E-state index in [-0.39, 0.29) is 11.9 Å². The van der Waals surface area contributed by atoms with Crippen molar-refractivity contribution in [2.75, 3.05) is 24.5 Å². The maximum Gasteiger partial charge on any atom is 0.417 e. The number of hydrogen-bond donors (Lipinski definition) is 1. The largest absolute Gasteiger partial charge is 0.417 e. The normalized spacial score (nSPS) is 17.5. The van der Waals surface area contributed by atoms with Gasteiger partial charge in [-0.3, -0.25) is 19.6 Å². The topological polar surface area (TPSA) is 78.4 Å². The molecule has 1 aromatic carbocycles. The van der Waals surface area contributed by atoms with Crippen molar-refractivity contribution >= 4 is 17.5 Å². The first kappa shape index (κ1) is 26.6. The summed E-state index contributed by atoms with van der Waals surface area (Å²) in [5.74, 6) is -0.910. The molecule has 1 saturated heterocycles.